The van der Waals surface area contributed by atoms with Gasteiger partial charge < -0.3 is 9.47 Å². The predicted octanol–water partition coefficient (Wildman–Crippen LogP) is 1.95. The Labute approximate surface area is 101 Å². The highest BCUT2D eigenvalue weighted by atomic mass is 16.7. The van der Waals surface area contributed by atoms with Crippen molar-refractivity contribution in [3.8, 4) is 0 Å². The van der Waals surface area contributed by atoms with Crippen molar-refractivity contribution in [2.75, 3.05) is 6.61 Å². The van der Waals surface area contributed by atoms with Crippen LogP contribution in [0.5, 0.6) is 0 Å². The van der Waals surface area contributed by atoms with Gasteiger partial charge in [-0.3, -0.25) is 4.79 Å². The van der Waals surface area contributed by atoms with Crippen molar-refractivity contribution >= 4 is 5.78 Å². The van der Waals surface area contributed by atoms with Gasteiger partial charge in [-0.1, -0.05) is 30.3 Å². The van der Waals surface area contributed by atoms with Crippen molar-refractivity contribution in [3.05, 3.63) is 35.9 Å². The van der Waals surface area contributed by atoms with Crippen LogP contribution in [0.4, 0.5) is 0 Å². The summed E-state index contributed by atoms with van der Waals surface area (Å²) in [5.74, 6) is -0.590. The Morgan fingerprint density at radius 1 is 1.35 bits per heavy atom. The highest BCUT2D eigenvalue weighted by Crippen LogP contribution is 2.38. The molecule has 3 nitrogen and oxygen atoms in total. The van der Waals surface area contributed by atoms with Gasteiger partial charge in [0.25, 0.3) is 0 Å². The minimum atomic E-state index is -0.960. The molecular formula is C14H16O3. The van der Waals surface area contributed by atoms with Crippen LogP contribution in [0.3, 0.4) is 0 Å². The number of rotatable bonds is 2. The fourth-order valence-electron chi connectivity index (χ4n) is 2.62. The minimum absolute atomic E-state index is 0.0291. The molecule has 0 unspecified atom stereocenters. The quantitative estimate of drug-likeness (QED) is 0.781. The van der Waals surface area contributed by atoms with Gasteiger partial charge in [-0.05, 0) is 18.9 Å². The summed E-state index contributed by atoms with van der Waals surface area (Å²) in [4.78, 5) is 11.7. The molecule has 2 aliphatic heterocycles. The lowest BCUT2D eigenvalue weighted by molar-refractivity contribution is -0.257. The maximum absolute atomic E-state index is 11.7. The van der Waals surface area contributed by atoms with E-state index < -0.39 is 5.79 Å². The van der Waals surface area contributed by atoms with E-state index in [9.17, 15) is 4.79 Å². The second-order valence-electron chi connectivity index (χ2n) is 4.99. The highest BCUT2D eigenvalue weighted by molar-refractivity contribution is 5.88. The fourth-order valence-corrected chi connectivity index (χ4v) is 2.62. The Morgan fingerprint density at radius 2 is 2.12 bits per heavy atom. The first-order valence-corrected chi connectivity index (χ1v) is 6.06. The van der Waals surface area contributed by atoms with Crippen molar-refractivity contribution < 1.29 is 14.3 Å². The summed E-state index contributed by atoms with van der Waals surface area (Å²) >= 11 is 0. The summed E-state index contributed by atoms with van der Waals surface area (Å²) in [6, 6.07) is 10.3. The van der Waals surface area contributed by atoms with E-state index in [1.807, 2.05) is 18.2 Å². The van der Waals surface area contributed by atoms with Gasteiger partial charge >= 0.3 is 0 Å². The molecule has 0 saturated carbocycles. The number of ketones is 1. The summed E-state index contributed by atoms with van der Waals surface area (Å²) in [6.07, 6.45) is 1.43. The van der Waals surface area contributed by atoms with Gasteiger partial charge in [-0.2, -0.15) is 0 Å². The van der Waals surface area contributed by atoms with Crippen LogP contribution in [0.2, 0.25) is 0 Å². The van der Waals surface area contributed by atoms with Crippen molar-refractivity contribution in [2.24, 2.45) is 5.92 Å². The molecule has 3 atom stereocenters. The molecule has 0 aromatic heterocycles. The highest BCUT2D eigenvalue weighted by Gasteiger charge is 2.51. The maximum atomic E-state index is 11.7. The number of hydrogen-bond donors (Lipinski definition) is 0. The third-order valence-electron chi connectivity index (χ3n) is 3.71. The van der Waals surface area contributed by atoms with E-state index in [2.05, 4.69) is 12.1 Å². The van der Waals surface area contributed by atoms with Crippen LogP contribution < -0.4 is 0 Å². The molecule has 90 valence electrons. The van der Waals surface area contributed by atoms with Crippen LogP contribution in [-0.4, -0.2) is 24.3 Å². The third-order valence-corrected chi connectivity index (χ3v) is 3.71. The van der Waals surface area contributed by atoms with Gasteiger partial charge in [0.05, 0.1) is 12.7 Å². The molecule has 0 amide bonds. The Kier molecular flexibility index (Phi) is 2.53. The molecule has 2 bridgehead atoms. The molecule has 1 aromatic carbocycles. The molecule has 0 aliphatic carbocycles. The van der Waals surface area contributed by atoms with Gasteiger partial charge in [0, 0.05) is 12.3 Å². The largest absolute Gasteiger partial charge is 0.343 e. The molecule has 0 N–H and O–H groups in total. The van der Waals surface area contributed by atoms with Crippen molar-refractivity contribution in [2.45, 2.75) is 31.7 Å². The van der Waals surface area contributed by atoms with Gasteiger partial charge in [0.1, 0.15) is 0 Å². The predicted molar refractivity (Wildman–Crippen MR) is 62.5 cm³/mol. The SMILES string of the molecule is C[C@@]12OC[C@@H](Cc3ccccc3)[C@@H](CC1=O)O2. The number of Topliss-reactive ketones (excluding diaryl/α,β-unsaturated/α-hetero) is 1. The lowest BCUT2D eigenvalue weighted by Gasteiger charge is -2.34. The molecule has 3 rings (SSSR count). The zero-order chi connectivity index (χ0) is 11.9. The Bertz CT molecular complexity index is 428. The van der Waals surface area contributed by atoms with Crippen LogP contribution in [0.25, 0.3) is 0 Å². The van der Waals surface area contributed by atoms with Gasteiger partial charge in [-0.15, -0.1) is 0 Å². The maximum Gasteiger partial charge on any atom is 0.226 e. The second kappa shape index (κ2) is 3.93. The van der Waals surface area contributed by atoms with Gasteiger partial charge in [-0.25, -0.2) is 0 Å². The summed E-state index contributed by atoms with van der Waals surface area (Å²) in [5.41, 5.74) is 1.27. The zero-order valence-electron chi connectivity index (χ0n) is 9.89. The van der Waals surface area contributed by atoms with Crippen LogP contribution >= 0.6 is 0 Å². The molecule has 0 radical (unpaired) electrons. The van der Waals surface area contributed by atoms with Gasteiger partial charge in [0.15, 0.2) is 5.78 Å². The zero-order valence-corrected chi connectivity index (χ0v) is 9.89. The molecule has 1 aromatic rings. The van der Waals surface area contributed by atoms with Gasteiger partial charge in [0.2, 0.25) is 5.79 Å². The number of carbonyl (C=O) groups excluding carboxylic acids is 1. The third kappa shape index (κ3) is 1.90. The van der Waals surface area contributed by atoms with Crippen LogP contribution in [0, 0.1) is 5.92 Å². The minimum Gasteiger partial charge on any atom is -0.343 e. The van der Waals surface area contributed by atoms with Crippen LogP contribution in [0.15, 0.2) is 30.3 Å². The molecule has 3 heteroatoms. The Hall–Kier alpha value is -1.19. The molecular weight excluding hydrogens is 216 g/mol. The first-order chi connectivity index (χ1) is 8.17. The molecule has 17 heavy (non-hydrogen) atoms. The fraction of sp³-hybridized carbons (Fsp3) is 0.500. The number of carbonyl (C=O) groups is 1. The Morgan fingerprint density at radius 3 is 2.88 bits per heavy atom. The molecule has 2 fully saturated rings. The van der Waals surface area contributed by atoms with Crippen molar-refractivity contribution in [1.29, 1.82) is 0 Å². The second-order valence-corrected chi connectivity index (χ2v) is 4.99. The van der Waals surface area contributed by atoms with E-state index >= 15 is 0 Å². The lowest BCUT2D eigenvalue weighted by atomic mass is 9.93. The van der Waals surface area contributed by atoms with E-state index in [0.29, 0.717) is 13.0 Å². The normalized spacial score (nSPS) is 36.2. The number of ether oxygens (including phenoxy) is 2. The summed E-state index contributed by atoms with van der Waals surface area (Å²) < 4.78 is 11.3. The molecule has 2 saturated heterocycles. The van der Waals surface area contributed by atoms with E-state index in [-0.39, 0.29) is 17.8 Å². The van der Waals surface area contributed by atoms with E-state index in [4.69, 9.17) is 9.47 Å². The van der Waals surface area contributed by atoms with Crippen molar-refractivity contribution in [1.82, 2.24) is 0 Å². The average Bonchev–Trinajstić information content (AvgIpc) is 2.57. The average molecular weight is 232 g/mol. The van der Waals surface area contributed by atoms with E-state index in [0.717, 1.165) is 6.42 Å². The monoisotopic (exact) mass is 232 g/mol. The standard InChI is InChI=1S/C14H16O3/c1-14-13(15)8-12(17-14)11(9-16-14)7-10-5-3-2-4-6-10/h2-6,11-12H,7-9H2,1H3/t11-,12-,14+/m1/s1. The smallest absolute Gasteiger partial charge is 0.226 e. The van der Waals surface area contributed by atoms with Crippen LogP contribution in [0.1, 0.15) is 18.9 Å². The molecule has 2 aliphatic rings. The number of benzene rings is 1. The molecule has 0 spiro atoms. The summed E-state index contributed by atoms with van der Waals surface area (Å²) in [7, 11) is 0. The topological polar surface area (TPSA) is 35.5 Å². The van der Waals surface area contributed by atoms with E-state index in [1.54, 1.807) is 6.92 Å². The number of fused-ring (bicyclic) bond motifs is 2. The number of hydrogen-bond acceptors (Lipinski definition) is 3. The summed E-state index contributed by atoms with van der Waals surface area (Å²) in [6.45, 7) is 2.34. The van der Waals surface area contributed by atoms with Crippen molar-refractivity contribution in [3.63, 3.8) is 0 Å². The first kappa shape index (κ1) is 10.9. The Balaban J connectivity index is 1.73. The first-order valence-electron chi connectivity index (χ1n) is 6.06. The lowest BCUT2D eigenvalue weighted by Crippen LogP contribution is -2.43. The van der Waals surface area contributed by atoms with Crippen LogP contribution in [-0.2, 0) is 20.7 Å². The molecule has 2 heterocycles. The van der Waals surface area contributed by atoms with E-state index in [1.165, 1.54) is 5.56 Å². The summed E-state index contributed by atoms with van der Waals surface area (Å²) in [5, 5.41) is 0.